The number of H-pyrrole nitrogens is 2. The normalized spacial score (nSPS) is 10.1. The van der Waals surface area contributed by atoms with E-state index in [4.69, 9.17) is 16.7 Å². The van der Waals surface area contributed by atoms with Gasteiger partial charge in [0.05, 0.1) is 10.6 Å². The van der Waals surface area contributed by atoms with E-state index in [0.29, 0.717) is 0 Å². The Morgan fingerprint density at radius 2 is 1.86 bits per heavy atom. The van der Waals surface area contributed by atoms with Gasteiger partial charge in [0, 0.05) is 11.8 Å². The van der Waals surface area contributed by atoms with Crippen LogP contribution in [0.15, 0.2) is 33.9 Å². The number of benzene rings is 1. The van der Waals surface area contributed by atoms with Crippen molar-refractivity contribution in [1.82, 2.24) is 9.97 Å². The number of carbonyl (C=O) groups is 2. The lowest BCUT2D eigenvalue weighted by Crippen LogP contribution is -2.27. The van der Waals surface area contributed by atoms with Gasteiger partial charge in [0.25, 0.3) is 11.5 Å². The predicted molar refractivity (Wildman–Crippen MR) is 74.0 cm³/mol. The Morgan fingerprint density at radius 3 is 2.48 bits per heavy atom. The maximum Gasteiger partial charge on any atom is 0.337 e. The van der Waals surface area contributed by atoms with Crippen LogP contribution in [0.3, 0.4) is 0 Å². The minimum atomic E-state index is -1.25. The monoisotopic (exact) mass is 309 g/mol. The number of aromatic carboxylic acids is 1. The maximum atomic E-state index is 11.9. The van der Waals surface area contributed by atoms with Gasteiger partial charge in [-0.15, -0.1) is 0 Å². The molecule has 0 aliphatic carbocycles. The highest BCUT2D eigenvalue weighted by Gasteiger charge is 2.12. The highest BCUT2D eigenvalue weighted by atomic mass is 35.5. The molecule has 9 heteroatoms. The summed E-state index contributed by atoms with van der Waals surface area (Å²) in [5, 5.41) is 11.3. The Bertz CT molecular complexity index is 811. The van der Waals surface area contributed by atoms with Crippen molar-refractivity contribution in [3.05, 3.63) is 61.4 Å². The van der Waals surface area contributed by atoms with Crippen molar-refractivity contribution in [2.75, 3.05) is 5.32 Å². The first-order valence-electron chi connectivity index (χ1n) is 5.54. The summed E-state index contributed by atoms with van der Waals surface area (Å²) >= 11 is 5.70. The first kappa shape index (κ1) is 14.5. The van der Waals surface area contributed by atoms with Crippen molar-refractivity contribution in [2.24, 2.45) is 0 Å². The number of halogens is 1. The Morgan fingerprint density at radius 1 is 1.14 bits per heavy atom. The molecule has 0 spiro atoms. The largest absolute Gasteiger partial charge is 0.478 e. The highest BCUT2D eigenvalue weighted by Crippen LogP contribution is 2.20. The molecule has 1 heterocycles. The van der Waals surface area contributed by atoms with Crippen LogP contribution in [0.4, 0.5) is 5.69 Å². The molecule has 0 unspecified atom stereocenters. The van der Waals surface area contributed by atoms with E-state index >= 15 is 0 Å². The molecule has 108 valence electrons. The van der Waals surface area contributed by atoms with Gasteiger partial charge in [-0.2, -0.15) is 0 Å². The summed E-state index contributed by atoms with van der Waals surface area (Å²) < 4.78 is 0. The van der Waals surface area contributed by atoms with Crippen LogP contribution in [0.5, 0.6) is 0 Å². The Hall–Kier alpha value is -2.87. The number of aromatic nitrogens is 2. The summed E-state index contributed by atoms with van der Waals surface area (Å²) in [5.41, 5.74) is -1.84. The number of anilines is 1. The van der Waals surface area contributed by atoms with Crippen molar-refractivity contribution in [3.8, 4) is 0 Å². The minimum absolute atomic E-state index is 0.0186. The van der Waals surface area contributed by atoms with Gasteiger partial charge in [-0.1, -0.05) is 11.6 Å². The second-order valence-corrected chi connectivity index (χ2v) is 4.36. The molecule has 0 bridgehead atoms. The number of aromatic amines is 2. The lowest BCUT2D eigenvalue weighted by Gasteiger charge is -2.06. The summed E-state index contributed by atoms with van der Waals surface area (Å²) in [6.45, 7) is 0. The average molecular weight is 310 g/mol. The van der Waals surface area contributed by atoms with Gasteiger partial charge in [-0.3, -0.25) is 14.6 Å². The second kappa shape index (κ2) is 5.63. The summed E-state index contributed by atoms with van der Waals surface area (Å²) in [6.07, 6.45) is 0. The molecule has 1 amide bonds. The summed E-state index contributed by atoms with van der Waals surface area (Å²) in [6, 6.07) is 4.76. The van der Waals surface area contributed by atoms with E-state index in [0.717, 1.165) is 12.1 Å². The molecule has 0 saturated heterocycles. The van der Waals surface area contributed by atoms with Crippen LogP contribution >= 0.6 is 11.6 Å². The van der Waals surface area contributed by atoms with Gasteiger partial charge in [-0.05, 0) is 18.2 Å². The molecular weight excluding hydrogens is 302 g/mol. The van der Waals surface area contributed by atoms with Gasteiger partial charge < -0.3 is 15.4 Å². The van der Waals surface area contributed by atoms with Gasteiger partial charge in [0.2, 0.25) is 0 Å². The minimum Gasteiger partial charge on any atom is -0.478 e. The lowest BCUT2D eigenvalue weighted by molar-refractivity contribution is 0.0696. The summed E-state index contributed by atoms with van der Waals surface area (Å²) in [7, 11) is 0. The molecule has 0 fully saturated rings. The first-order chi connectivity index (χ1) is 9.86. The van der Waals surface area contributed by atoms with Crippen LogP contribution in [0.2, 0.25) is 5.02 Å². The van der Waals surface area contributed by atoms with Crippen LogP contribution in [-0.4, -0.2) is 27.0 Å². The summed E-state index contributed by atoms with van der Waals surface area (Å²) in [4.78, 5) is 49.0. The van der Waals surface area contributed by atoms with Crippen LogP contribution < -0.4 is 16.6 Å². The third-order valence-corrected chi connectivity index (χ3v) is 2.79. The van der Waals surface area contributed by atoms with E-state index in [1.54, 1.807) is 0 Å². The molecule has 0 atom stereocenters. The third kappa shape index (κ3) is 3.37. The molecule has 0 aliphatic rings. The predicted octanol–water partition coefficient (Wildman–Crippen LogP) is 0.667. The maximum absolute atomic E-state index is 11.9. The molecular formula is C12H8ClN3O5. The second-order valence-electron chi connectivity index (χ2n) is 3.96. The number of nitrogens with one attached hydrogen (secondary N) is 3. The van der Waals surface area contributed by atoms with Crippen LogP contribution in [-0.2, 0) is 0 Å². The zero-order valence-electron chi connectivity index (χ0n) is 10.3. The quantitative estimate of drug-likeness (QED) is 0.661. The molecule has 2 rings (SSSR count). The Kier molecular flexibility index (Phi) is 3.90. The third-order valence-electron chi connectivity index (χ3n) is 2.46. The van der Waals surface area contributed by atoms with Crippen molar-refractivity contribution in [2.45, 2.75) is 0 Å². The topological polar surface area (TPSA) is 132 Å². The van der Waals surface area contributed by atoms with E-state index in [1.165, 1.54) is 12.1 Å². The number of hydrogen-bond acceptors (Lipinski definition) is 4. The lowest BCUT2D eigenvalue weighted by atomic mass is 10.2. The van der Waals surface area contributed by atoms with Crippen molar-refractivity contribution in [1.29, 1.82) is 0 Å². The van der Waals surface area contributed by atoms with Crippen molar-refractivity contribution >= 4 is 29.2 Å². The standard InChI is InChI=1S/C12H8ClN3O5/c13-7-2-1-5(3-6(7)11(19)20)14-10(18)8-4-9(17)16-12(21)15-8/h1-4H,(H,14,18)(H,19,20)(H2,15,16,17,21). The Balaban J connectivity index is 2.31. The fourth-order valence-corrected chi connectivity index (χ4v) is 1.75. The van der Waals surface area contributed by atoms with Gasteiger partial charge in [0.15, 0.2) is 0 Å². The molecule has 2 aromatic rings. The van der Waals surface area contributed by atoms with Gasteiger partial charge in [-0.25, -0.2) is 9.59 Å². The van der Waals surface area contributed by atoms with E-state index < -0.39 is 23.1 Å². The van der Waals surface area contributed by atoms with Crippen LogP contribution in [0.25, 0.3) is 0 Å². The number of amides is 1. The SMILES string of the molecule is O=C(Nc1ccc(Cl)c(C(=O)O)c1)c1cc(=O)[nH]c(=O)[nH]1. The smallest absolute Gasteiger partial charge is 0.337 e. The number of rotatable bonds is 3. The Labute approximate surface area is 121 Å². The fraction of sp³-hybridized carbons (Fsp3) is 0. The van der Waals surface area contributed by atoms with Crippen molar-refractivity contribution in [3.63, 3.8) is 0 Å². The van der Waals surface area contributed by atoms with Gasteiger partial charge >= 0.3 is 11.7 Å². The van der Waals surface area contributed by atoms with E-state index in [-0.39, 0.29) is 22.0 Å². The fourth-order valence-electron chi connectivity index (χ4n) is 1.56. The number of hydrogen-bond donors (Lipinski definition) is 4. The van der Waals surface area contributed by atoms with Crippen molar-refractivity contribution < 1.29 is 14.7 Å². The molecule has 0 radical (unpaired) electrons. The molecule has 1 aromatic carbocycles. The zero-order valence-corrected chi connectivity index (χ0v) is 11.0. The molecule has 0 saturated carbocycles. The number of carboxylic acid groups (broad SMARTS) is 1. The first-order valence-corrected chi connectivity index (χ1v) is 5.92. The zero-order chi connectivity index (χ0) is 15.6. The number of carbonyl (C=O) groups excluding carboxylic acids is 1. The molecule has 0 aliphatic heterocycles. The van der Waals surface area contributed by atoms with E-state index in [9.17, 15) is 19.2 Å². The van der Waals surface area contributed by atoms with E-state index in [1.807, 2.05) is 4.98 Å². The highest BCUT2D eigenvalue weighted by molar-refractivity contribution is 6.33. The summed E-state index contributed by atoms with van der Waals surface area (Å²) in [5.74, 6) is -2.02. The van der Waals surface area contributed by atoms with Crippen LogP contribution in [0, 0.1) is 0 Å². The van der Waals surface area contributed by atoms with Gasteiger partial charge in [0.1, 0.15) is 5.69 Å². The van der Waals surface area contributed by atoms with Crippen LogP contribution in [0.1, 0.15) is 20.8 Å². The molecule has 21 heavy (non-hydrogen) atoms. The molecule has 8 nitrogen and oxygen atoms in total. The molecule has 4 N–H and O–H groups in total. The average Bonchev–Trinajstić information content (AvgIpc) is 2.39. The molecule has 1 aromatic heterocycles. The van der Waals surface area contributed by atoms with E-state index in [2.05, 4.69) is 10.3 Å². The number of carboxylic acids is 1.